The normalized spacial score (nSPS) is 23.6. The third kappa shape index (κ3) is 3.10. The molecule has 0 radical (unpaired) electrons. The maximum absolute atomic E-state index is 4.55. The first kappa shape index (κ1) is 13.8. The lowest BCUT2D eigenvalue weighted by atomic mass is 10.00. The molecule has 2 saturated heterocycles. The molecule has 3 heterocycles. The highest BCUT2D eigenvalue weighted by atomic mass is 15.3. The molecule has 3 rings (SSSR count). The van der Waals surface area contributed by atoms with Crippen LogP contribution in [-0.2, 0) is 6.54 Å². The first-order valence-corrected chi connectivity index (χ1v) is 7.87. The van der Waals surface area contributed by atoms with E-state index in [4.69, 9.17) is 0 Å². The molecule has 2 fully saturated rings. The molecule has 1 unspecified atom stereocenters. The van der Waals surface area contributed by atoms with Crippen LogP contribution < -0.4 is 10.2 Å². The minimum atomic E-state index is 0.711. The molecule has 2 aliphatic heterocycles. The number of piperidine rings is 1. The Morgan fingerprint density at radius 2 is 2.05 bits per heavy atom. The van der Waals surface area contributed by atoms with Crippen molar-refractivity contribution in [1.82, 2.24) is 20.2 Å². The van der Waals surface area contributed by atoms with Crippen LogP contribution in [0.1, 0.15) is 31.7 Å². The highest BCUT2D eigenvalue weighted by Gasteiger charge is 2.29. The van der Waals surface area contributed by atoms with Crippen LogP contribution in [0.3, 0.4) is 0 Å². The lowest BCUT2D eigenvalue weighted by Crippen LogP contribution is -2.55. The van der Waals surface area contributed by atoms with Crippen molar-refractivity contribution in [2.24, 2.45) is 0 Å². The van der Waals surface area contributed by atoms with E-state index in [0.717, 1.165) is 44.2 Å². The van der Waals surface area contributed by atoms with Crippen molar-refractivity contribution in [3.05, 3.63) is 18.0 Å². The van der Waals surface area contributed by atoms with E-state index < -0.39 is 0 Å². The first-order chi connectivity index (χ1) is 9.86. The largest absolute Gasteiger partial charge is 0.338 e. The molecule has 110 valence electrons. The van der Waals surface area contributed by atoms with Crippen molar-refractivity contribution in [3.8, 4) is 0 Å². The standard InChI is InChI=1S/C15H25N5/c1-2-16-9-13-10-17-15(18-11-13)20-8-7-19-6-4-3-5-14(19)12-20/h10-11,14,16H,2-9,12H2,1H3. The maximum Gasteiger partial charge on any atom is 0.225 e. The Morgan fingerprint density at radius 3 is 2.85 bits per heavy atom. The number of aromatic nitrogens is 2. The summed E-state index contributed by atoms with van der Waals surface area (Å²) < 4.78 is 0. The molecule has 1 aromatic rings. The van der Waals surface area contributed by atoms with Gasteiger partial charge in [0.15, 0.2) is 0 Å². The SMILES string of the molecule is CCNCc1cnc(N2CCN3CCCCC3C2)nc1. The van der Waals surface area contributed by atoms with Gasteiger partial charge in [0, 0.05) is 50.2 Å². The second-order valence-corrected chi connectivity index (χ2v) is 5.80. The number of hydrogen-bond donors (Lipinski definition) is 1. The van der Waals surface area contributed by atoms with Crippen molar-refractivity contribution < 1.29 is 0 Å². The zero-order chi connectivity index (χ0) is 13.8. The monoisotopic (exact) mass is 275 g/mol. The average Bonchev–Trinajstić information content (AvgIpc) is 2.53. The first-order valence-electron chi connectivity index (χ1n) is 7.87. The van der Waals surface area contributed by atoms with Crippen LogP contribution in [0.15, 0.2) is 12.4 Å². The van der Waals surface area contributed by atoms with Crippen molar-refractivity contribution in [3.63, 3.8) is 0 Å². The summed E-state index contributed by atoms with van der Waals surface area (Å²) in [5.74, 6) is 0.899. The van der Waals surface area contributed by atoms with E-state index in [1.807, 2.05) is 12.4 Å². The lowest BCUT2D eigenvalue weighted by molar-refractivity contribution is 0.133. The molecular formula is C15H25N5. The summed E-state index contributed by atoms with van der Waals surface area (Å²) in [5, 5.41) is 3.30. The van der Waals surface area contributed by atoms with E-state index in [2.05, 4.69) is 32.0 Å². The van der Waals surface area contributed by atoms with Crippen LogP contribution in [0.2, 0.25) is 0 Å². The van der Waals surface area contributed by atoms with Crippen LogP contribution in [0.25, 0.3) is 0 Å². The summed E-state index contributed by atoms with van der Waals surface area (Å²) in [4.78, 5) is 14.1. The molecule has 1 aromatic heterocycles. The smallest absolute Gasteiger partial charge is 0.225 e. The molecule has 0 aromatic carbocycles. The Morgan fingerprint density at radius 1 is 1.20 bits per heavy atom. The van der Waals surface area contributed by atoms with Crippen LogP contribution in [0.5, 0.6) is 0 Å². The maximum atomic E-state index is 4.55. The highest BCUT2D eigenvalue weighted by Crippen LogP contribution is 2.22. The Bertz CT molecular complexity index is 419. The fourth-order valence-corrected chi connectivity index (χ4v) is 3.21. The molecule has 0 bridgehead atoms. The Kier molecular flexibility index (Phi) is 4.47. The number of fused-ring (bicyclic) bond motifs is 1. The summed E-state index contributed by atoms with van der Waals surface area (Å²) in [7, 11) is 0. The number of nitrogens with one attached hydrogen (secondary N) is 1. The van der Waals surface area contributed by atoms with E-state index >= 15 is 0 Å². The summed E-state index contributed by atoms with van der Waals surface area (Å²) in [6, 6.07) is 0.711. The minimum absolute atomic E-state index is 0.711. The molecule has 0 amide bonds. The summed E-state index contributed by atoms with van der Waals surface area (Å²) in [6.45, 7) is 8.53. The van der Waals surface area contributed by atoms with Crippen molar-refractivity contribution >= 4 is 5.95 Å². The second kappa shape index (κ2) is 6.50. The van der Waals surface area contributed by atoms with Gasteiger partial charge in [-0.3, -0.25) is 4.90 Å². The van der Waals surface area contributed by atoms with Gasteiger partial charge >= 0.3 is 0 Å². The molecular weight excluding hydrogens is 250 g/mol. The second-order valence-electron chi connectivity index (χ2n) is 5.80. The van der Waals surface area contributed by atoms with Gasteiger partial charge in [-0.25, -0.2) is 9.97 Å². The number of hydrogen-bond acceptors (Lipinski definition) is 5. The molecule has 1 atom stereocenters. The number of anilines is 1. The lowest BCUT2D eigenvalue weighted by Gasteiger charge is -2.44. The predicted molar refractivity (Wildman–Crippen MR) is 80.8 cm³/mol. The van der Waals surface area contributed by atoms with Gasteiger partial charge in [-0.05, 0) is 25.9 Å². The van der Waals surface area contributed by atoms with Crippen LogP contribution in [0.4, 0.5) is 5.95 Å². The quantitative estimate of drug-likeness (QED) is 0.896. The van der Waals surface area contributed by atoms with Gasteiger partial charge in [-0.1, -0.05) is 13.3 Å². The molecule has 5 nitrogen and oxygen atoms in total. The molecule has 0 aliphatic carbocycles. The Labute approximate surface area is 121 Å². The van der Waals surface area contributed by atoms with E-state index in [1.165, 1.54) is 25.8 Å². The van der Waals surface area contributed by atoms with Gasteiger partial charge in [0.2, 0.25) is 5.95 Å². The predicted octanol–water partition coefficient (Wildman–Crippen LogP) is 1.26. The summed E-state index contributed by atoms with van der Waals surface area (Å²) >= 11 is 0. The highest BCUT2D eigenvalue weighted by molar-refractivity contribution is 5.31. The van der Waals surface area contributed by atoms with Crippen molar-refractivity contribution in [2.75, 3.05) is 37.6 Å². The van der Waals surface area contributed by atoms with Gasteiger partial charge in [-0.2, -0.15) is 0 Å². The minimum Gasteiger partial charge on any atom is -0.338 e. The molecule has 2 aliphatic rings. The summed E-state index contributed by atoms with van der Waals surface area (Å²) in [6.07, 6.45) is 7.98. The molecule has 0 spiro atoms. The Balaban J connectivity index is 1.61. The van der Waals surface area contributed by atoms with Gasteiger partial charge in [0.25, 0.3) is 0 Å². The van der Waals surface area contributed by atoms with E-state index in [-0.39, 0.29) is 0 Å². The third-order valence-electron chi connectivity index (χ3n) is 4.39. The topological polar surface area (TPSA) is 44.3 Å². The fourth-order valence-electron chi connectivity index (χ4n) is 3.21. The van der Waals surface area contributed by atoms with E-state index in [1.54, 1.807) is 0 Å². The molecule has 5 heteroatoms. The van der Waals surface area contributed by atoms with Gasteiger partial charge in [0.1, 0.15) is 0 Å². The van der Waals surface area contributed by atoms with Gasteiger partial charge < -0.3 is 10.2 Å². The number of piperazine rings is 1. The Hall–Kier alpha value is -1.20. The molecule has 0 saturated carbocycles. The zero-order valence-corrected chi connectivity index (χ0v) is 12.4. The molecule has 1 N–H and O–H groups in total. The summed E-state index contributed by atoms with van der Waals surface area (Å²) in [5.41, 5.74) is 1.16. The zero-order valence-electron chi connectivity index (χ0n) is 12.4. The number of rotatable bonds is 4. The van der Waals surface area contributed by atoms with Crippen LogP contribution >= 0.6 is 0 Å². The van der Waals surface area contributed by atoms with Crippen LogP contribution in [0, 0.1) is 0 Å². The van der Waals surface area contributed by atoms with Crippen LogP contribution in [-0.4, -0.2) is 53.6 Å². The van der Waals surface area contributed by atoms with Gasteiger partial charge in [0.05, 0.1) is 0 Å². The average molecular weight is 275 g/mol. The third-order valence-corrected chi connectivity index (χ3v) is 4.39. The van der Waals surface area contributed by atoms with Gasteiger partial charge in [-0.15, -0.1) is 0 Å². The van der Waals surface area contributed by atoms with Crippen molar-refractivity contribution in [2.45, 2.75) is 38.8 Å². The van der Waals surface area contributed by atoms with E-state index in [9.17, 15) is 0 Å². The van der Waals surface area contributed by atoms with Crippen molar-refractivity contribution in [1.29, 1.82) is 0 Å². The fraction of sp³-hybridized carbons (Fsp3) is 0.733. The molecule has 20 heavy (non-hydrogen) atoms. The van der Waals surface area contributed by atoms with E-state index in [0.29, 0.717) is 6.04 Å². The number of nitrogens with zero attached hydrogens (tertiary/aromatic N) is 4.